The molecule has 6 nitrogen and oxygen atoms in total. The molecule has 2 N–H and O–H groups in total. The zero-order valence-electron chi connectivity index (χ0n) is 18.2. The summed E-state index contributed by atoms with van der Waals surface area (Å²) in [7, 11) is 0. The van der Waals surface area contributed by atoms with E-state index in [1.807, 2.05) is 25.1 Å². The maximum absolute atomic E-state index is 13.0. The van der Waals surface area contributed by atoms with E-state index >= 15 is 0 Å². The molecule has 2 aromatic carbocycles. The van der Waals surface area contributed by atoms with Crippen molar-refractivity contribution in [3.63, 3.8) is 0 Å². The van der Waals surface area contributed by atoms with E-state index in [0.717, 1.165) is 12.0 Å². The fourth-order valence-corrected chi connectivity index (χ4v) is 3.92. The number of allylic oxidation sites excluding steroid dienone is 1. The van der Waals surface area contributed by atoms with Crippen LogP contribution in [0.2, 0.25) is 10.0 Å². The number of ether oxygens (including phenoxy) is 2. The zero-order chi connectivity index (χ0) is 23.3. The number of rotatable bonds is 8. The Morgan fingerprint density at radius 2 is 1.91 bits per heavy atom. The van der Waals surface area contributed by atoms with Crippen molar-refractivity contribution < 1.29 is 19.1 Å². The standard InChI is InChI=1S/C24H26Cl2N2O4/c1-4-7-19-21(23(29)32-14(2)3)22(28-24(30)27-19)17-8-5-6-9-20(17)31-13-15-10-11-16(25)12-18(15)26/h5-6,8-12,14,22H,4,7,13H2,1-3H3,(H2,27,28,30). The first-order valence-corrected chi connectivity index (χ1v) is 11.2. The van der Waals surface area contributed by atoms with Gasteiger partial charge in [-0.3, -0.25) is 0 Å². The van der Waals surface area contributed by atoms with Crippen LogP contribution in [0, 0.1) is 0 Å². The van der Waals surface area contributed by atoms with Crippen LogP contribution in [0.4, 0.5) is 4.79 Å². The average Bonchev–Trinajstić information content (AvgIpc) is 2.72. The van der Waals surface area contributed by atoms with E-state index < -0.39 is 12.0 Å². The van der Waals surface area contributed by atoms with Crippen molar-refractivity contribution >= 4 is 35.2 Å². The van der Waals surface area contributed by atoms with Crippen molar-refractivity contribution in [1.29, 1.82) is 0 Å². The minimum absolute atomic E-state index is 0.198. The molecule has 1 aliphatic rings. The van der Waals surface area contributed by atoms with Crippen LogP contribution in [0.15, 0.2) is 53.7 Å². The summed E-state index contributed by atoms with van der Waals surface area (Å²) in [6.07, 6.45) is 0.999. The number of esters is 1. The summed E-state index contributed by atoms with van der Waals surface area (Å²) in [5.74, 6) is 0.0490. The minimum Gasteiger partial charge on any atom is -0.488 e. The normalized spacial score (nSPS) is 15.9. The Morgan fingerprint density at radius 3 is 2.59 bits per heavy atom. The summed E-state index contributed by atoms with van der Waals surface area (Å²) in [5.41, 5.74) is 2.35. The number of hydrogen-bond acceptors (Lipinski definition) is 4. The highest BCUT2D eigenvalue weighted by Gasteiger charge is 2.35. The predicted molar refractivity (Wildman–Crippen MR) is 125 cm³/mol. The zero-order valence-corrected chi connectivity index (χ0v) is 19.7. The Labute approximate surface area is 197 Å². The van der Waals surface area contributed by atoms with Crippen molar-refractivity contribution in [2.45, 2.75) is 52.4 Å². The highest BCUT2D eigenvalue weighted by molar-refractivity contribution is 6.35. The third-order valence-corrected chi connectivity index (χ3v) is 5.43. The molecule has 0 bridgehead atoms. The summed E-state index contributed by atoms with van der Waals surface area (Å²) in [6.45, 7) is 5.75. The highest BCUT2D eigenvalue weighted by Crippen LogP contribution is 2.35. The van der Waals surface area contributed by atoms with E-state index in [0.29, 0.717) is 39.0 Å². The number of nitrogens with one attached hydrogen (secondary N) is 2. The number of carbonyl (C=O) groups is 2. The third-order valence-electron chi connectivity index (χ3n) is 4.84. The Hall–Kier alpha value is -2.70. The lowest BCUT2D eigenvalue weighted by Gasteiger charge is -2.30. The minimum atomic E-state index is -0.714. The molecule has 2 aromatic rings. The molecule has 1 unspecified atom stereocenters. The number of urea groups is 1. The molecular weight excluding hydrogens is 451 g/mol. The molecule has 0 spiro atoms. The van der Waals surface area contributed by atoms with Crippen LogP contribution >= 0.6 is 23.2 Å². The largest absolute Gasteiger partial charge is 0.488 e. The molecular formula is C24H26Cl2N2O4. The van der Waals surface area contributed by atoms with Crippen molar-refractivity contribution in [3.8, 4) is 5.75 Å². The predicted octanol–water partition coefficient (Wildman–Crippen LogP) is 5.93. The molecule has 1 aliphatic heterocycles. The molecule has 0 radical (unpaired) electrons. The lowest BCUT2D eigenvalue weighted by atomic mass is 9.93. The molecule has 0 saturated heterocycles. The van der Waals surface area contributed by atoms with Gasteiger partial charge < -0.3 is 20.1 Å². The van der Waals surface area contributed by atoms with Crippen LogP contribution in [0.25, 0.3) is 0 Å². The smallest absolute Gasteiger partial charge is 0.338 e. The lowest BCUT2D eigenvalue weighted by molar-refractivity contribution is -0.143. The molecule has 3 rings (SSSR count). The van der Waals surface area contributed by atoms with Gasteiger partial charge in [0.2, 0.25) is 0 Å². The van der Waals surface area contributed by atoms with Crippen LogP contribution in [-0.4, -0.2) is 18.1 Å². The Balaban J connectivity index is 1.98. The van der Waals surface area contributed by atoms with Gasteiger partial charge >= 0.3 is 12.0 Å². The first-order chi connectivity index (χ1) is 15.3. The van der Waals surface area contributed by atoms with Gasteiger partial charge in [-0.05, 0) is 38.5 Å². The summed E-state index contributed by atoms with van der Waals surface area (Å²) < 4.78 is 11.6. The molecule has 2 amide bonds. The topological polar surface area (TPSA) is 76.7 Å². The van der Waals surface area contributed by atoms with Crippen LogP contribution in [-0.2, 0) is 16.1 Å². The van der Waals surface area contributed by atoms with Gasteiger partial charge in [0.15, 0.2) is 0 Å². The van der Waals surface area contributed by atoms with E-state index in [2.05, 4.69) is 10.6 Å². The van der Waals surface area contributed by atoms with E-state index in [9.17, 15) is 9.59 Å². The van der Waals surface area contributed by atoms with E-state index in [1.165, 1.54) is 0 Å². The molecule has 32 heavy (non-hydrogen) atoms. The third kappa shape index (κ3) is 5.75. The summed E-state index contributed by atoms with van der Waals surface area (Å²) in [6, 6.07) is 11.4. The van der Waals surface area contributed by atoms with Gasteiger partial charge in [0.05, 0.1) is 17.7 Å². The number of amides is 2. The van der Waals surface area contributed by atoms with Gasteiger partial charge in [0.25, 0.3) is 0 Å². The van der Waals surface area contributed by atoms with Gasteiger partial charge in [0, 0.05) is 26.9 Å². The van der Waals surface area contributed by atoms with E-state index in [1.54, 1.807) is 38.1 Å². The summed E-state index contributed by atoms with van der Waals surface area (Å²) in [5, 5.41) is 6.66. The number of benzene rings is 2. The monoisotopic (exact) mass is 476 g/mol. The first kappa shape index (κ1) is 24.0. The van der Waals surface area contributed by atoms with Crippen molar-refractivity contribution in [3.05, 3.63) is 74.9 Å². The second-order valence-electron chi connectivity index (χ2n) is 7.69. The van der Waals surface area contributed by atoms with E-state index in [4.69, 9.17) is 32.7 Å². The van der Waals surface area contributed by atoms with Gasteiger partial charge in [-0.25, -0.2) is 9.59 Å². The fraction of sp³-hybridized carbons (Fsp3) is 0.333. The molecule has 8 heteroatoms. The lowest BCUT2D eigenvalue weighted by Crippen LogP contribution is -2.46. The van der Waals surface area contributed by atoms with Crippen molar-refractivity contribution in [2.24, 2.45) is 0 Å². The first-order valence-electron chi connectivity index (χ1n) is 10.5. The number of carbonyl (C=O) groups excluding carboxylic acids is 2. The maximum Gasteiger partial charge on any atom is 0.338 e. The van der Waals surface area contributed by atoms with Gasteiger partial charge in [-0.1, -0.05) is 60.8 Å². The Morgan fingerprint density at radius 1 is 1.16 bits per heavy atom. The molecule has 0 aliphatic carbocycles. The van der Waals surface area contributed by atoms with Crippen LogP contribution in [0.5, 0.6) is 5.75 Å². The van der Waals surface area contributed by atoms with Crippen LogP contribution in [0.1, 0.15) is 50.8 Å². The van der Waals surface area contributed by atoms with Crippen LogP contribution in [0.3, 0.4) is 0 Å². The van der Waals surface area contributed by atoms with Gasteiger partial charge in [0.1, 0.15) is 12.4 Å². The second kappa shape index (κ2) is 10.7. The highest BCUT2D eigenvalue weighted by atomic mass is 35.5. The Bertz CT molecular complexity index is 1040. The fourth-order valence-electron chi connectivity index (χ4n) is 3.46. The van der Waals surface area contributed by atoms with Crippen molar-refractivity contribution in [2.75, 3.05) is 0 Å². The molecule has 1 heterocycles. The molecule has 0 fully saturated rings. The second-order valence-corrected chi connectivity index (χ2v) is 8.53. The molecule has 1 atom stereocenters. The van der Waals surface area contributed by atoms with Gasteiger partial charge in [-0.15, -0.1) is 0 Å². The van der Waals surface area contributed by atoms with Crippen molar-refractivity contribution in [1.82, 2.24) is 10.6 Å². The summed E-state index contributed by atoms with van der Waals surface area (Å²) in [4.78, 5) is 25.4. The number of hydrogen-bond donors (Lipinski definition) is 2. The van der Waals surface area contributed by atoms with Crippen LogP contribution < -0.4 is 15.4 Å². The number of para-hydroxylation sites is 1. The molecule has 170 valence electrons. The van der Waals surface area contributed by atoms with E-state index in [-0.39, 0.29) is 18.7 Å². The maximum atomic E-state index is 13.0. The van der Waals surface area contributed by atoms with Gasteiger partial charge in [-0.2, -0.15) is 0 Å². The molecule has 0 saturated carbocycles. The SMILES string of the molecule is CCCC1=C(C(=O)OC(C)C)C(c2ccccc2OCc2ccc(Cl)cc2Cl)NC(=O)N1. The average molecular weight is 477 g/mol. The number of halogens is 2. The summed E-state index contributed by atoms with van der Waals surface area (Å²) >= 11 is 12.2. The Kier molecular flexibility index (Phi) is 8.04. The quantitative estimate of drug-likeness (QED) is 0.462. The molecule has 0 aromatic heterocycles.